The van der Waals surface area contributed by atoms with Crippen LogP contribution in [0.15, 0.2) is 24.3 Å². The summed E-state index contributed by atoms with van der Waals surface area (Å²) in [6.07, 6.45) is 1.30. The van der Waals surface area contributed by atoms with Gasteiger partial charge in [-0.3, -0.25) is 4.79 Å². The Morgan fingerprint density at radius 3 is 2.07 bits per heavy atom. The molecule has 4 atom stereocenters. The van der Waals surface area contributed by atoms with Crippen LogP contribution in [0.4, 0.5) is 4.79 Å². The number of hydrogen-bond acceptors (Lipinski definition) is 3. The highest BCUT2D eigenvalue weighted by Crippen LogP contribution is 2.21. The number of nitrogens with one attached hydrogen (secondary N) is 1. The fourth-order valence-corrected chi connectivity index (χ4v) is 4.41. The summed E-state index contributed by atoms with van der Waals surface area (Å²) in [4.78, 5) is 28.9. The van der Waals surface area contributed by atoms with Crippen molar-refractivity contribution in [1.82, 2.24) is 15.1 Å². The second kappa shape index (κ2) is 8.95. The largest absolute Gasteiger partial charge is 0.372 e. The first-order valence-corrected chi connectivity index (χ1v) is 10.4. The predicted molar refractivity (Wildman–Crippen MR) is 109 cm³/mol. The molecular formula is C22H33N3O3. The lowest BCUT2D eigenvalue weighted by Gasteiger charge is -2.35. The van der Waals surface area contributed by atoms with E-state index >= 15 is 0 Å². The average molecular weight is 388 g/mol. The van der Waals surface area contributed by atoms with Gasteiger partial charge in [0.25, 0.3) is 5.91 Å². The van der Waals surface area contributed by atoms with Gasteiger partial charge in [0.2, 0.25) is 0 Å². The van der Waals surface area contributed by atoms with Crippen LogP contribution in [-0.4, -0.2) is 60.1 Å². The van der Waals surface area contributed by atoms with E-state index in [-0.39, 0.29) is 24.1 Å². The molecule has 3 rings (SSSR count). The van der Waals surface area contributed by atoms with Crippen LogP contribution >= 0.6 is 0 Å². The lowest BCUT2D eigenvalue weighted by Crippen LogP contribution is -2.48. The highest BCUT2D eigenvalue weighted by Gasteiger charge is 2.27. The van der Waals surface area contributed by atoms with Crippen LogP contribution in [0.3, 0.4) is 0 Å². The molecule has 0 aromatic heterocycles. The van der Waals surface area contributed by atoms with Gasteiger partial charge >= 0.3 is 6.03 Å². The number of rotatable bonds is 3. The first kappa shape index (κ1) is 20.6. The number of amides is 3. The van der Waals surface area contributed by atoms with Crippen LogP contribution in [0.25, 0.3) is 0 Å². The van der Waals surface area contributed by atoms with Crippen molar-refractivity contribution < 1.29 is 14.3 Å². The molecule has 0 spiro atoms. The number of carbonyl (C=O) groups excluding carboxylic acids is 2. The molecule has 6 heteroatoms. The van der Waals surface area contributed by atoms with E-state index in [9.17, 15) is 9.59 Å². The average Bonchev–Trinajstić information content (AvgIpc) is 2.64. The Morgan fingerprint density at radius 1 is 0.929 bits per heavy atom. The molecule has 1 N–H and O–H groups in total. The normalized spacial score (nSPS) is 28.1. The predicted octanol–water partition coefficient (Wildman–Crippen LogP) is 3.12. The summed E-state index contributed by atoms with van der Waals surface area (Å²) in [6.45, 7) is 11.7. The van der Waals surface area contributed by atoms with Gasteiger partial charge in [0.1, 0.15) is 0 Å². The van der Waals surface area contributed by atoms with Crippen LogP contribution in [-0.2, 0) is 11.3 Å². The molecule has 2 fully saturated rings. The number of likely N-dealkylation sites (tertiary alicyclic amines) is 1. The Morgan fingerprint density at radius 2 is 1.50 bits per heavy atom. The Bertz CT molecular complexity index is 671. The molecule has 2 aliphatic heterocycles. The van der Waals surface area contributed by atoms with Gasteiger partial charge in [0.05, 0.1) is 12.2 Å². The van der Waals surface area contributed by atoms with Crippen molar-refractivity contribution in [2.24, 2.45) is 11.8 Å². The summed E-state index contributed by atoms with van der Waals surface area (Å²) in [5, 5.41) is 3.01. The van der Waals surface area contributed by atoms with Crippen LogP contribution in [0.1, 0.15) is 50.0 Å². The first-order valence-electron chi connectivity index (χ1n) is 10.4. The van der Waals surface area contributed by atoms with Crippen molar-refractivity contribution in [2.45, 2.75) is 52.9 Å². The number of carbonyl (C=O) groups is 2. The van der Waals surface area contributed by atoms with Gasteiger partial charge in [-0.1, -0.05) is 26.0 Å². The molecule has 2 heterocycles. The van der Waals surface area contributed by atoms with E-state index in [4.69, 9.17) is 4.74 Å². The molecule has 0 bridgehead atoms. The lowest BCUT2D eigenvalue weighted by atomic mass is 9.92. The van der Waals surface area contributed by atoms with Crippen LogP contribution < -0.4 is 5.32 Å². The van der Waals surface area contributed by atoms with Gasteiger partial charge in [0.15, 0.2) is 0 Å². The molecule has 154 valence electrons. The Labute approximate surface area is 168 Å². The zero-order chi connectivity index (χ0) is 20.3. The third kappa shape index (κ3) is 5.25. The number of ether oxygens (including phenoxy) is 1. The van der Waals surface area contributed by atoms with Crippen molar-refractivity contribution in [3.8, 4) is 0 Å². The maximum absolute atomic E-state index is 12.7. The summed E-state index contributed by atoms with van der Waals surface area (Å²) in [6, 6.07) is 7.53. The standard InChI is InChI=1S/C22H33N3O3/c1-15-9-16(2)12-25(11-15)22(27)23-10-19-5-7-20(8-6-19)21(26)24-13-17(3)28-18(4)14-24/h5-8,15-18H,9-14H2,1-4H3,(H,23,27). The van der Waals surface area contributed by atoms with Gasteiger partial charge in [-0.05, 0) is 49.8 Å². The van der Waals surface area contributed by atoms with E-state index in [0.717, 1.165) is 18.7 Å². The molecule has 1 aromatic carbocycles. The number of benzene rings is 1. The Hall–Kier alpha value is -2.08. The topological polar surface area (TPSA) is 61.9 Å². The molecular weight excluding hydrogens is 354 g/mol. The SMILES string of the molecule is CC1CC(C)CN(C(=O)NCc2ccc(C(=O)N3CC(C)OC(C)C3)cc2)C1. The Kier molecular flexibility index (Phi) is 6.60. The molecule has 28 heavy (non-hydrogen) atoms. The fourth-order valence-electron chi connectivity index (χ4n) is 4.41. The number of piperidine rings is 1. The van der Waals surface area contributed by atoms with Crippen LogP contribution in [0.2, 0.25) is 0 Å². The minimum atomic E-state index is -0.00477. The maximum atomic E-state index is 12.7. The zero-order valence-corrected chi connectivity index (χ0v) is 17.5. The number of nitrogens with zero attached hydrogens (tertiary/aromatic N) is 2. The van der Waals surface area contributed by atoms with Crippen molar-refractivity contribution in [2.75, 3.05) is 26.2 Å². The molecule has 0 saturated carbocycles. The third-order valence-electron chi connectivity index (χ3n) is 5.51. The quantitative estimate of drug-likeness (QED) is 0.867. The summed E-state index contributed by atoms with van der Waals surface area (Å²) in [5.41, 5.74) is 1.67. The van der Waals surface area contributed by atoms with Crippen molar-refractivity contribution in [3.63, 3.8) is 0 Å². The lowest BCUT2D eigenvalue weighted by molar-refractivity contribution is -0.0586. The number of hydrogen-bond donors (Lipinski definition) is 1. The van der Waals surface area contributed by atoms with Gasteiger partial charge in [0, 0.05) is 38.3 Å². The van der Waals surface area contributed by atoms with E-state index in [1.807, 2.05) is 47.9 Å². The highest BCUT2D eigenvalue weighted by molar-refractivity contribution is 5.94. The fraction of sp³-hybridized carbons (Fsp3) is 0.636. The molecule has 6 nitrogen and oxygen atoms in total. The maximum Gasteiger partial charge on any atom is 0.317 e. The molecule has 1 aromatic rings. The third-order valence-corrected chi connectivity index (χ3v) is 5.51. The van der Waals surface area contributed by atoms with Crippen molar-refractivity contribution >= 4 is 11.9 Å². The first-order chi connectivity index (χ1) is 13.3. The minimum Gasteiger partial charge on any atom is -0.372 e. The van der Waals surface area contributed by atoms with E-state index in [2.05, 4.69) is 19.2 Å². The molecule has 3 amide bonds. The summed E-state index contributed by atoms with van der Waals surface area (Å²) in [7, 11) is 0. The smallest absolute Gasteiger partial charge is 0.317 e. The minimum absolute atomic E-state index is 0.00477. The second-order valence-electron chi connectivity index (χ2n) is 8.67. The molecule has 4 unspecified atom stereocenters. The van der Waals surface area contributed by atoms with Crippen LogP contribution in [0, 0.1) is 11.8 Å². The van der Waals surface area contributed by atoms with Gasteiger partial charge in [-0.15, -0.1) is 0 Å². The van der Waals surface area contributed by atoms with E-state index in [1.54, 1.807) is 0 Å². The van der Waals surface area contributed by atoms with Crippen molar-refractivity contribution in [1.29, 1.82) is 0 Å². The molecule has 2 aliphatic rings. The van der Waals surface area contributed by atoms with E-state index in [0.29, 0.717) is 37.0 Å². The number of urea groups is 1. The summed E-state index contributed by atoms with van der Waals surface area (Å²) >= 11 is 0. The number of morpholine rings is 1. The van der Waals surface area contributed by atoms with Crippen molar-refractivity contribution in [3.05, 3.63) is 35.4 Å². The second-order valence-corrected chi connectivity index (χ2v) is 8.67. The zero-order valence-electron chi connectivity index (χ0n) is 17.5. The van der Waals surface area contributed by atoms with Gasteiger partial charge < -0.3 is 19.9 Å². The molecule has 2 saturated heterocycles. The molecule has 0 radical (unpaired) electrons. The Balaban J connectivity index is 1.53. The summed E-state index contributed by atoms with van der Waals surface area (Å²) < 4.78 is 5.70. The van der Waals surface area contributed by atoms with Gasteiger partial charge in [-0.2, -0.15) is 0 Å². The van der Waals surface area contributed by atoms with E-state index in [1.165, 1.54) is 6.42 Å². The van der Waals surface area contributed by atoms with E-state index < -0.39 is 0 Å². The van der Waals surface area contributed by atoms with Gasteiger partial charge in [-0.25, -0.2) is 4.79 Å². The highest BCUT2D eigenvalue weighted by atomic mass is 16.5. The summed E-state index contributed by atoms with van der Waals surface area (Å²) in [5.74, 6) is 1.13. The molecule has 0 aliphatic carbocycles. The monoisotopic (exact) mass is 387 g/mol. The van der Waals surface area contributed by atoms with Crippen LogP contribution in [0.5, 0.6) is 0 Å².